The van der Waals surface area contributed by atoms with Crippen LogP contribution < -0.4 is 15.0 Å². The molecule has 178 valence electrons. The molecule has 0 unspecified atom stereocenters. The summed E-state index contributed by atoms with van der Waals surface area (Å²) in [5.41, 5.74) is 2.74. The number of nitrogens with one attached hydrogen (secondary N) is 2. The molecule has 9 nitrogen and oxygen atoms in total. The van der Waals surface area contributed by atoms with Crippen LogP contribution in [0, 0.1) is 12.7 Å². The molecule has 4 rings (SSSR count). The van der Waals surface area contributed by atoms with Gasteiger partial charge in [-0.15, -0.1) is 0 Å². The number of methoxy groups -OCH3 is 1. The van der Waals surface area contributed by atoms with Gasteiger partial charge in [-0.2, -0.15) is 10.1 Å². The number of aryl methyl sites for hydroxylation is 1. The van der Waals surface area contributed by atoms with Crippen LogP contribution in [0.4, 0.5) is 27.5 Å². The summed E-state index contributed by atoms with van der Waals surface area (Å²) < 4.78 is 45.3. The Morgan fingerprint density at radius 1 is 1.18 bits per heavy atom. The van der Waals surface area contributed by atoms with E-state index < -0.39 is 20.9 Å². The number of ether oxygens (including phenoxy) is 1. The van der Waals surface area contributed by atoms with Crippen molar-refractivity contribution in [3.63, 3.8) is 0 Å². The molecule has 0 saturated carbocycles. The number of hydrogen-bond acceptors (Lipinski definition) is 8. The van der Waals surface area contributed by atoms with E-state index in [2.05, 4.69) is 25.5 Å². The summed E-state index contributed by atoms with van der Waals surface area (Å²) in [6.07, 6.45) is 1.06. The highest BCUT2D eigenvalue weighted by atomic mass is 32.2. The number of benzene rings is 2. The first-order chi connectivity index (χ1) is 16.1. The number of rotatable bonds is 7. The predicted molar refractivity (Wildman–Crippen MR) is 129 cm³/mol. The quantitative estimate of drug-likeness (QED) is 0.394. The van der Waals surface area contributed by atoms with Crippen LogP contribution >= 0.6 is 0 Å². The van der Waals surface area contributed by atoms with E-state index in [0.717, 1.165) is 22.8 Å². The molecule has 0 atom stereocenters. The number of anilines is 4. The lowest BCUT2D eigenvalue weighted by atomic mass is 10.2. The molecule has 0 bridgehead atoms. The predicted octanol–water partition coefficient (Wildman–Crippen LogP) is 4.50. The van der Waals surface area contributed by atoms with E-state index in [4.69, 9.17) is 4.74 Å². The van der Waals surface area contributed by atoms with E-state index in [1.165, 1.54) is 19.2 Å². The first-order valence-electron chi connectivity index (χ1n) is 10.5. The van der Waals surface area contributed by atoms with Crippen LogP contribution in [0.5, 0.6) is 5.75 Å². The van der Waals surface area contributed by atoms with Crippen molar-refractivity contribution in [3.8, 4) is 5.75 Å². The molecule has 4 aromatic rings. The van der Waals surface area contributed by atoms with Crippen molar-refractivity contribution in [3.05, 3.63) is 54.1 Å². The van der Waals surface area contributed by atoms with Crippen molar-refractivity contribution in [2.45, 2.75) is 30.9 Å². The Bertz CT molecular complexity index is 1470. The second-order valence-electron chi connectivity index (χ2n) is 8.04. The van der Waals surface area contributed by atoms with Gasteiger partial charge in [0.2, 0.25) is 5.95 Å². The second kappa shape index (κ2) is 8.90. The minimum Gasteiger partial charge on any atom is -0.495 e. The molecule has 0 aliphatic heterocycles. The van der Waals surface area contributed by atoms with Gasteiger partial charge in [-0.05, 0) is 57.2 Å². The van der Waals surface area contributed by atoms with Gasteiger partial charge in [-0.25, -0.2) is 17.8 Å². The molecule has 2 N–H and O–H groups in total. The molecule has 2 aromatic heterocycles. The summed E-state index contributed by atoms with van der Waals surface area (Å²) in [6.45, 7) is 5.12. The maximum Gasteiger partial charge on any atom is 0.229 e. The first kappa shape index (κ1) is 23.4. The Labute approximate surface area is 196 Å². The summed E-state index contributed by atoms with van der Waals surface area (Å²) in [4.78, 5) is 10.1. The molecule has 0 spiro atoms. The molecule has 0 aliphatic carbocycles. The third-order valence-electron chi connectivity index (χ3n) is 5.53. The largest absolute Gasteiger partial charge is 0.495 e. The van der Waals surface area contributed by atoms with Gasteiger partial charge in [0.15, 0.2) is 21.5 Å². The number of H-pyrrole nitrogens is 1. The number of aromatic amines is 1. The van der Waals surface area contributed by atoms with Crippen LogP contribution in [-0.4, -0.2) is 48.0 Å². The number of halogens is 1. The van der Waals surface area contributed by atoms with Crippen LogP contribution in [0.15, 0.2) is 47.5 Å². The smallest absolute Gasteiger partial charge is 0.229 e. The standard InChI is InChI=1S/C23H25FN6O3S/c1-13(2)34(31,32)16-7-9-21(33-5)20(11-16)26-23-25-12-18(24)22(27-23)30(4)15-6-8-17-14(3)28-29-19(17)10-15/h6-13H,1-5H3,(H,28,29)(H,25,26,27). The molecular formula is C23H25FN6O3S. The van der Waals surface area contributed by atoms with Crippen LogP contribution in [0.3, 0.4) is 0 Å². The fourth-order valence-electron chi connectivity index (χ4n) is 3.48. The average molecular weight is 485 g/mol. The zero-order valence-electron chi connectivity index (χ0n) is 19.4. The molecule has 11 heteroatoms. The number of aromatic nitrogens is 4. The Morgan fingerprint density at radius 3 is 2.65 bits per heavy atom. The third-order valence-corrected chi connectivity index (χ3v) is 7.69. The molecule has 0 fully saturated rings. The summed E-state index contributed by atoms with van der Waals surface area (Å²) in [6, 6.07) is 10.1. The summed E-state index contributed by atoms with van der Waals surface area (Å²) in [5.74, 6) is -0.0974. The van der Waals surface area contributed by atoms with Gasteiger partial charge in [0.25, 0.3) is 0 Å². The highest BCUT2D eigenvalue weighted by Gasteiger charge is 2.21. The lowest BCUT2D eigenvalue weighted by Crippen LogP contribution is -2.15. The van der Waals surface area contributed by atoms with Gasteiger partial charge < -0.3 is 15.0 Å². The minimum atomic E-state index is -3.51. The summed E-state index contributed by atoms with van der Waals surface area (Å²) in [5, 5.41) is 10.5. The van der Waals surface area contributed by atoms with E-state index in [1.54, 1.807) is 31.9 Å². The monoisotopic (exact) mass is 484 g/mol. The first-order valence-corrected chi connectivity index (χ1v) is 12.1. The second-order valence-corrected chi connectivity index (χ2v) is 10.5. The number of sulfone groups is 1. The fourth-order valence-corrected chi connectivity index (χ4v) is 4.57. The zero-order valence-corrected chi connectivity index (χ0v) is 20.2. The highest BCUT2D eigenvalue weighted by Crippen LogP contribution is 2.32. The van der Waals surface area contributed by atoms with E-state index in [1.807, 2.05) is 25.1 Å². The van der Waals surface area contributed by atoms with Crippen molar-refractivity contribution in [2.24, 2.45) is 0 Å². The average Bonchev–Trinajstić information content (AvgIpc) is 3.19. The molecule has 0 radical (unpaired) electrons. The lowest BCUT2D eigenvalue weighted by Gasteiger charge is -2.20. The van der Waals surface area contributed by atoms with E-state index in [-0.39, 0.29) is 16.7 Å². The van der Waals surface area contributed by atoms with Crippen LogP contribution in [0.25, 0.3) is 10.9 Å². The molecular weight excluding hydrogens is 459 g/mol. The van der Waals surface area contributed by atoms with E-state index >= 15 is 0 Å². The fraction of sp³-hybridized carbons (Fsp3) is 0.261. The van der Waals surface area contributed by atoms with E-state index in [0.29, 0.717) is 17.1 Å². The Morgan fingerprint density at radius 2 is 1.94 bits per heavy atom. The van der Waals surface area contributed by atoms with Gasteiger partial charge >= 0.3 is 0 Å². The molecule has 0 amide bonds. The van der Waals surface area contributed by atoms with Crippen molar-refractivity contribution >= 4 is 43.9 Å². The van der Waals surface area contributed by atoms with Crippen molar-refractivity contribution in [1.29, 1.82) is 0 Å². The molecule has 34 heavy (non-hydrogen) atoms. The van der Waals surface area contributed by atoms with Gasteiger partial charge in [0, 0.05) is 18.1 Å². The van der Waals surface area contributed by atoms with Crippen molar-refractivity contribution in [1.82, 2.24) is 20.2 Å². The van der Waals surface area contributed by atoms with Crippen LogP contribution in [0.1, 0.15) is 19.5 Å². The Kier molecular flexibility index (Phi) is 6.13. The van der Waals surface area contributed by atoms with Gasteiger partial charge in [-0.3, -0.25) is 5.10 Å². The topological polar surface area (TPSA) is 113 Å². The molecule has 2 heterocycles. The Balaban J connectivity index is 1.69. The zero-order chi connectivity index (χ0) is 24.6. The van der Waals surface area contributed by atoms with Crippen molar-refractivity contribution < 1.29 is 17.5 Å². The maximum absolute atomic E-state index is 14.7. The van der Waals surface area contributed by atoms with E-state index in [9.17, 15) is 12.8 Å². The van der Waals surface area contributed by atoms with Gasteiger partial charge in [-0.1, -0.05) is 0 Å². The summed E-state index contributed by atoms with van der Waals surface area (Å²) >= 11 is 0. The van der Waals surface area contributed by atoms with Gasteiger partial charge in [0.1, 0.15) is 5.75 Å². The third kappa shape index (κ3) is 4.26. The molecule has 0 aliphatic rings. The SMILES string of the molecule is COc1ccc(S(=O)(=O)C(C)C)cc1Nc1ncc(F)c(N(C)c2ccc3c(C)n[nH]c3c2)n1. The lowest BCUT2D eigenvalue weighted by molar-refractivity contribution is 0.416. The van der Waals surface area contributed by atoms with Crippen molar-refractivity contribution in [2.75, 3.05) is 24.4 Å². The number of fused-ring (bicyclic) bond motifs is 1. The van der Waals surface area contributed by atoms with Gasteiger partial charge in [0.05, 0.1) is 40.4 Å². The normalized spacial score (nSPS) is 11.7. The van der Waals surface area contributed by atoms with Crippen LogP contribution in [-0.2, 0) is 9.84 Å². The maximum atomic E-state index is 14.7. The molecule has 0 saturated heterocycles. The minimum absolute atomic E-state index is 0.0398. The molecule has 2 aromatic carbocycles. The highest BCUT2D eigenvalue weighted by molar-refractivity contribution is 7.92. The number of hydrogen-bond donors (Lipinski definition) is 2. The number of nitrogens with zero attached hydrogens (tertiary/aromatic N) is 4. The van der Waals surface area contributed by atoms with Crippen LogP contribution in [0.2, 0.25) is 0 Å². The Hall–Kier alpha value is -3.73. The summed E-state index contributed by atoms with van der Waals surface area (Å²) in [7, 11) is -0.352.